The Labute approximate surface area is 203 Å². The topological polar surface area (TPSA) is 60.1 Å². The summed E-state index contributed by atoms with van der Waals surface area (Å²) in [6.45, 7) is 6.02. The molecule has 2 aromatic carbocycles. The summed E-state index contributed by atoms with van der Waals surface area (Å²) >= 11 is 12.4. The molecule has 1 fully saturated rings. The van der Waals surface area contributed by atoms with Crippen molar-refractivity contribution in [1.82, 2.24) is 24.8 Å². The second-order valence-corrected chi connectivity index (χ2v) is 9.38. The zero-order chi connectivity index (χ0) is 22.8. The molecular weight excluding hydrogens is 455 g/mol. The first kappa shape index (κ1) is 22.2. The number of benzene rings is 2. The van der Waals surface area contributed by atoms with Crippen LogP contribution in [0.2, 0.25) is 10.0 Å². The van der Waals surface area contributed by atoms with E-state index in [0.717, 1.165) is 66.4 Å². The maximum atomic E-state index is 6.30. The highest BCUT2D eigenvalue weighted by Gasteiger charge is 2.14. The second kappa shape index (κ2) is 9.69. The van der Waals surface area contributed by atoms with Crippen LogP contribution in [0.1, 0.15) is 11.1 Å². The number of likely N-dealkylation sites (N-methyl/N-ethyl adjacent to an activating group) is 1. The minimum absolute atomic E-state index is 0.521. The average Bonchev–Trinajstić information content (AvgIpc) is 3.27. The van der Waals surface area contributed by atoms with Crippen LogP contribution in [0.25, 0.3) is 22.3 Å². The summed E-state index contributed by atoms with van der Waals surface area (Å²) in [5.41, 5.74) is 5.18. The van der Waals surface area contributed by atoms with Crippen LogP contribution in [0.15, 0.2) is 54.9 Å². The minimum Gasteiger partial charge on any atom is -0.365 e. The van der Waals surface area contributed by atoms with Gasteiger partial charge in [0.1, 0.15) is 17.8 Å². The molecule has 0 bridgehead atoms. The third-order valence-electron chi connectivity index (χ3n) is 6.15. The second-order valence-electron chi connectivity index (χ2n) is 8.53. The van der Waals surface area contributed by atoms with Gasteiger partial charge in [0.05, 0.1) is 5.39 Å². The number of nitrogens with zero attached hydrogens (tertiary/aromatic N) is 4. The fourth-order valence-electron chi connectivity index (χ4n) is 4.15. The van der Waals surface area contributed by atoms with Crippen LogP contribution in [0.5, 0.6) is 0 Å². The summed E-state index contributed by atoms with van der Waals surface area (Å²) in [5.74, 6) is 0.755. The van der Waals surface area contributed by atoms with Crippen molar-refractivity contribution in [3.05, 3.63) is 76.0 Å². The van der Waals surface area contributed by atoms with E-state index in [1.165, 1.54) is 5.56 Å². The van der Waals surface area contributed by atoms with E-state index in [1.54, 1.807) is 18.5 Å². The highest BCUT2D eigenvalue weighted by atomic mass is 35.5. The highest BCUT2D eigenvalue weighted by molar-refractivity contribution is 6.33. The lowest BCUT2D eigenvalue weighted by Gasteiger charge is -2.32. The summed E-state index contributed by atoms with van der Waals surface area (Å²) < 4.78 is 0. The van der Waals surface area contributed by atoms with Gasteiger partial charge in [-0.05, 0) is 48.0 Å². The van der Waals surface area contributed by atoms with Crippen molar-refractivity contribution in [2.24, 2.45) is 0 Å². The van der Waals surface area contributed by atoms with Crippen molar-refractivity contribution in [3.63, 3.8) is 0 Å². The van der Waals surface area contributed by atoms with Gasteiger partial charge in [0.25, 0.3) is 0 Å². The van der Waals surface area contributed by atoms with E-state index in [1.807, 2.05) is 6.07 Å². The molecular formula is C25H26Cl2N6. The van der Waals surface area contributed by atoms with Crippen LogP contribution >= 0.6 is 23.2 Å². The predicted octanol–water partition coefficient (Wildman–Crippen LogP) is 5.29. The normalized spacial score (nSPS) is 15.2. The van der Waals surface area contributed by atoms with Gasteiger partial charge in [-0.1, -0.05) is 47.5 Å². The Balaban J connectivity index is 1.31. The van der Waals surface area contributed by atoms with Gasteiger partial charge in [0, 0.05) is 55.0 Å². The number of anilines is 1. The molecule has 170 valence electrons. The molecule has 0 saturated carbocycles. The van der Waals surface area contributed by atoms with E-state index in [2.05, 4.69) is 67.4 Å². The molecule has 33 heavy (non-hydrogen) atoms. The lowest BCUT2D eigenvalue weighted by atomic mass is 10.1. The van der Waals surface area contributed by atoms with Gasteiger partial charge < -0.3 is 15.2 Å². The predicted molar refractivity (Wildman–Crippen MR) is 136 cm³/mol. The van der Waals surface area contributed by atoms with Crippen molar-refractivity contribution < 1.29 is 0 Å². The number of H-pyrrole nitrogens is 1. The van der Waals surface area contributed by atoms with Crippen LogP contribution in [-0.2, 0) is 13.1 Å². The van der Waals surface area contributed by atoms with Gasteiger partial charge >= 0.3 is 0 Å². The van der Waals surface area contributed by atoms with Crippen molar-refractivity contribution >= 4 is 40.1 Å². The lowest BCUT2D eigenvalue weighted by Crippen LogP contribution is -2.43. The van der Waals surface area contributed by atoms with Crippen molar-refractivity contribution in [2.75, 3.05) is 38.5 Å². The number of aromatic amines is 1. The van der Waals surface area contributed by atoms with Crippen molar-refractivity contribution in [1.29, 1.82) is 0 Å². The Hall–Kier alpha value is -2.64. The number of halogens is 2. The number of nitrogens with one attached hydrogen (secondary N) is 2. The molecule has 0 amide bonds. The van der Waals surface area contributed by atoms with E-state index < -0.39 is 0 Å². The maximum Gasteiger partial charge on any atom is 0.143 e. The number of hydrogen-bond acceptors (Lipinski definition) is 5. The summed E-state index contributed by atoms with van der Waals surface area (Å²) in [7, 11) is 2.18. The van der Waals surface area contributed by atoms with E-state index in [0.29, 0.717) is 16.6 Å². The summed E-state index contributed by atoms with van der Waals surface area (Å²) in [5, 5.41) is 5.64. The zero-order valence-corrected chi connectivity index (χ0v) is 20.0. The van der Waals surface area contributed by atoms with Crippen LogP contribution < -0.4 is 5.32 Å². The molecule has 0 spiro atoms. The molecule has 4 aromatic rings. The Bertz CT molecular complexity index is 1250. The maximum absolute atomic E-state index is 6.30. The average molecular weight is 481 g/mol. The van der Waals surface area contributed by atoms with E-state index >= 15 is 0 Å². The lowest BCUT2D eigenvalue weighted by molar-refractivity contribution is 0.148. The number of hydrogen-bond donors (Lipinski definition) is 2. The Morgan fingerprint density at radius 2 is 1.76 bits per heavy atom. The van der Waals surface area contributed by atoms with Gasteiger partial charge in [-0.3, -0.25) is 4.90 Å². The molecule has 0 atom stereocenters. The molecule has 1 aliphatic heterocycles. The smallest absolute Gasteiger partial charge is 0.143 e. The molecule has 6 nitrogen and oxygen atoms in total. The van der Waals surface area contributed by atoms with Gasteiger partial charge in [-0.15, -0.1) is 0 Å². The summed E-state index contributed by atoms with van der Waals surface area (Å²) in [6.07, 6.45) is 1.56. The molecule has 3 heterocycles. The van der Waals surface area contributed by atoms with Gasteiger partial charge in [-0.2, -0.15) is 0 Å². The molecule has 2 N–H and O–H groups in total. The molecule has 0 aliphatic carbocycles. The summed E-state index contributed by atoms with van der Waals surface area (Å²) in [6, 6.07) is 16.3. The zero-order valence-electron chi connectivity index (χ0n) is 18.5. The van der Waals surface area contributed by atoms with Gasteiger partial charge in [0.15, 0.2) is 0 Å². The van der Waals surface area contributed by atoms with E-state index in [4.69, 9.17) is 23.2 Å². The van der Waals surface area contributed by atoms with Crippen LogP contribution in [0.4, 0.5) is 5.82 Å². The van der Waals surface area contributed by atoms with Crippen LogP contribution in [0.3, 0.4) is 0 Å². The van der Waals surface area contributed by atoms with Crippen LogP contribution in [-0.4, -0.2) is 58.0 Å². The SMILES string of the molecule is CN1CCN(Cc2ccc(-c3cc4c(NCc5cc(Cl)ccc5Cl)ncnc4[nH]3)cc2)CC1. The Kier molecular flexibility index (Phi) is 6.51. The van der Waals surface area contributed by atoms with Crippen molar-refractivity contribution in [2.45, 2.75) is 13.1 Å². The number of piperazine rings is 1. The molecule has 8 heteroatoms. The molecule has 0 unspecified atom stereocenters. The molecule has 0 radical (unpaired) electrons. The fraction of sp³-hybridized carbons (Fsp3) is 0.280. The number of rotatable bonds is 6. The first-order chi connectivity index (χ1) is 16.0. The van der Waals surface area contributed by atoms with Gasteiger partial charge in [-0.25, -0.2) is 9.97 Å². The summed E-state index contributed by atoms with van der Waals surface area (Å²) in [4.78, 5) is 17.2. The quantitative estimate of drug-likeness (QED) is 0.392. The fourth-order valence-corrected chi connectivity index (χ4v) is 4.53. The monoisotopic (exact) mass is 480 g/mol. The molecule has 2 aromatic heterocycles. The van der Waals surface area contributed by atoms with Gasteiger partial charge in [0.2, 0.25) is 0 Å². The first-order valence-electron chi connectivity index (χ1n) is 11.1. The largest absolute Gasteiger partial charge is 0.365 e. The third-order valence-corrected chi connectivity index (χ3v) is 6.75. The Morgan fingerprint density at radius 1 is 0.970 bits per heavy atom. The van der Waals surface area contributed by atoms with E-state index in [9.17, 15) is 0 Å². The molecule has 5 rings (SSSR count). The first-order valence-corrected chi connectivity index (χ1v) is 11.8. The minimum atomic E-state index is 0.521. The molecule has 1 saturated heterocycles. The molecule has 1 aliphatic rings. The van der Waals surface area contributed by atoms with E-state index in [-0.39, 0.29) is 0 Å². The standard InChI is InChI=1S/C25H26Cl2N6/c1-32-8-10-33(11-9-32)15-17-2-4-18(5-3-17)23-13-21-24(29-16-30-25(21)31-23)28-14-19-12-20(26)6-7-22(19)27/h2-7,12-13,16H,8-11,14-15H2,1H3,(H2,28,29,30,31). The highest BCUT2D eigenvalue weighted by Crippen LogP contribution is 2.28. The van der Waals surface area contributed by atoms with Crippen molar-refractivity contribution in [3.8, 4) is 11.3 Å². The number of aromatic nitrogens is 3. The van der Waals surface area contributed by atoms with Crippen LogP contribution in [0, 0.1) is 0 Å². The number of fused-ring (bicyclic) bond motifs is 1. The third kappa shape index (κ3) is 5.14. The Morgan fingerprint density at radius 3 is 2.55 bits per heavy atom.